The summed E-state index contributed by atoms with van der Waals surface area (Å²) in [5.74, 6) is -0.956. The first kappa shape index (κ1) is 15.6. The molecule has 6 nitrogen and oxygen atoms in total. The van der Waals surface area contributed by atoms with E-state index in [-0.39, 0.29) is 17.9 Å². The lowest BCUT2D eigenvalue weighted by atomic mass is 10.2. The predicted octanol–water partition coefficient (Wildman–Crippen LogP) is 1.56. The molecule has 0 bridgehead atoms. The summed E-state index contributed by atoms with van der Waals surface area (Å²) in [6.07, 6.45) is 1.56. The van der Waals surface area contributed by atoms with Crippen molar-refractivity contribution in [1.82, 2.24) is 9.71 Å². The number of thiazole rings is 1. The number of benzene rings is 1. The Morgan fingerprint density at radius 2 is 2.00 bits per heavy atom. The quantitative estimate of drug-likeness (QED) is 0.840. The monoisotopic (exact) mass is 326 g/mol. The topological polar surface area (TPSA) is 96.4 Å². The fraction of sp³-hybridized carbons (Fsp3) is 0.231. The van der Waals surface area contributed by atoms with Crippen LogP contribution in [-0.2, 0) is 27.8 Å². The number of hydrogen-bond donors (Lipinski definition) is 2. The van der Waals surface area contributed by atoms with Crippen molar-refractivity contribution in [1.29, 1.82) is 0 Å². The van der Waals surface area contributed by atoms with Crippen molar-refractivity contribution in [2.75, 3.05) is 0 Å². The Morgan fingerprint density at radius 1 is 1.33 bits per heavy atom. The van der Waals surface area contributed by atoms with Crippen LogP contribution in [0.3, 0.4) is 0 Å². The van der Waals surface area contributed by atoms with E-state index in [1.165, 1.54) is 35.6 Å². The molecule has 0 fully saturated rings. The first-order valence-corrected chi connectivity index (χ1v) is 8.38. The van der Waals surface area contributed by atoms with Crippen LogP contribution in [0.2, 0.25) is 0 Å². The van der Waals surface area contributed by atoms with Crippen molar-refractivity contribution in [3.05, 3.63) is 45.9 Å². The number of carbonyl (C=O) groups is 1. The van der Waals surface area contributed by atoms with Gasteiger partial charge in [-0.3, -0.25) is 4.79 Å². The second-order valence-corrected chi connectivity index (χ2v) is 7.49. The summed E-state index contributed by atoms with van der Waals surface area (Å²) in [6, 6.07) is 5.79. The van der Waals surface area contributed by atoms with Gasteiger partial charge in [0.25, 0.3) is 0 Å². The van der Waals surface area contributed by atoms with Crippen molar-refractivity contribution in [3.63, 3.8) is 0 Å². The van der Waals surface area contributed by atoms with Crippen LogP contribution in [0.1, 0.15) is 15.4 Å². The van der Waals surface area contributed by atoms with Crippen molar-refractivity contribution >= 4 is 27.3 Å². The van der Waals surface area contributed by atoms with Gasteiger partial charge in [-0.05, 0) is 24.6 Å². The first-order chi connectivity index (χ1) is 9.87. The SMILES string of the molecule is Cc1cnc(CNS(=O)(=O)c2ccc(CC(=O)O)cc2)s1. The molecule has 0 radical (unpaired) electrons. The van der Waals surface area contributed by atoms with Crippen LogP contribution < -0.4 is 4.72 Å². The summed E-state index contributed by atoms with van der Waals surface area (Å²) in [4.78, 5) is 15.8. The highest BCUT2D eigenvalue weighted by Crippen LogP contribution is 2.14. The van der Waals surface area contributed by atoms with E-state index in [0.717, 1.165) is 4.88 Å². The lowest BCUT2D eigenvalue weighted by Crippen LogP contribution is -2.23. The summed E-state index contributed by atoms with van der Waals surface area (Å²) in [5, 5.41) is 9.37. The van der Waals surface area contributed by atoms with Crippen LogP contribution in [0.25, 0.3) is 0 Å². The van der Waals surface area contributed by atoms with Crippen molar-refractivity contribution in [2.24, 2.45) is 0 Å². The predicted molar refractivity (Wildman–Crippen MR) is 78.7 cm³/mol. The van der Waals surface area contributed by atoms with Crippen LogP contribution in [0, 0.1) is 6.92 Å². The number of hydrogen-bond acceptors (Lipinski definition) is 5. The van der Waals surface area contributed by atoms with Gasteiger partial charge in [0.1, 0.15) is 5.01 Å². The van der Waals surface area contributed by atoms with Crippen LogP contribution >= 0.6 is 11.3 Å². The minimum Gasteiger partial charge on any atom is -0.481 e. The Kier molecular flexibility index (Phi) is 4.71. The Morgan fingerprint density at radius 3 is 2.52 bits per heavy atom. The third-order valence-corrected chi connectivity index (χ3v) is 5.00. The highest BCUT2D eigenvalue weighted by Gasteiger charge is 2.14. The Hall–Kier alpha value is -1.77. The smallest absolute Gasteiger partial charge is 0.307 e. The van der Waals surface area contributed by atoms with Gasteiger partial charge in [0.15, 0.2) is 0 Å². The van der Waals surface area contributed by atoms with Gasteiger partial charge in [0, 0.05) is 11.1 Å². The molecule has 2 N–H and O–H groups in total. The zero-order valence-electron chi connectivity index (χ0n) is 11.2. The molecule has 2 aromatic rings. The summed E-state index contributed by atoms with van der Waals surface area (Å²) in [7, 11) is -3.63. The molecule has 0 atom stereocenters. The molecule has 2 rings (SSSR count). The molecule has 8 heteroatoms. The molecule has 0 saturated heterocycles. The average Bonchev–Trinajstić information content (AvgIpc) is 2.82. The van der Waals surface area contributed by atoms with E-state index in [9.17, 15) is 13.2 Å². The maximum Gasteiger partial charge on any atom is 0.307 e. The number of carboxylic acids is 1. The summed E-state index contributed by atoms with van der Waals surface area (Å²) in [6.45, 7) is 2.04. The molecule has 1 aromatic heterocycles. The van der Waals surface area contributed by atoms with Crippen molar-refractivity contribution in [2.45, 2.75) is 24.8 Å². The number of nitrogens with zero attached hydrogens (tertiary/aromatic N) is 1. The van der Waals surface area contributed by atoms with Crippen LogP contribution in [0.4, 0.5) is 0 Å². The van der Waals surface area contributed by atoms with Crippen LogP contribution in [-0.4, -0.2) is 24.5 Å². The highest BCUT2D eigenvalue weighted by atomic mass is 32.2. The van der Waals surface area contributed by atoms with E-state index in [0.29, 0.717) is 10.6 Å². The number of carboxylic acid groups (broad SMARTS) is 1. The van der Waals surface area contributed by atoms with Crippen molar-refractivity contribution in [3.8, 4) is 0 Å². The minimum atomic E-state index is -3.63. The lowest BCUT2D eigenvalue weighted by Gasteiger charge is -2.06. The third kappa shape index (κ3) is 4.35. The number of nitrogens with one attached hydrogen (secondary N) is 1. The fourth-order valence-corrected chi connectivity index (χ4v) is 3.49. The summed E-state index contributed by atoms with van der Waals surface area (Å²) < 4.78 is 26.7. The zero-order chi connectivity index (χ0) is 15.5. The minimum absolute atomic E-state index is 0.102. The fourth-order valence-electron chi connectivity index (χ4n) is 1.68. The maximum atomic E-state index is 12.1. The van der Waals surface area contributed by atoms with Crippen LogP contribution in [0.15, 0.2) is 35.4 Å². The van der Waals surface area contributed by atoms with E-state index < -0.39 is 16.0 Å². The zero-order valence-corrected chi connectivity index (χ0v) is 12.9. The number of sulfonamides is 1. The molecular weight excluding hydrogens is 312 g/mol. The van der Waals surface area contributed by atoms with Gasteiger partial charge < -0.3 is 5.11 Å². The molecule has 0 amide bonds. The molecule has 0 unspecified atom stereocenters. The third-order valence-electron chi connectivity index (χ3n) is 2.67. The molecule has 0 aliphatic carbocycles. The molecule has 112 valence electrons. The molecule has 0 spiro atoms. The Labute approximate surface area is 126 Å². The van der Waals surface area contributed by atoms with Crippen LogP contribution in [0.5, 0.6) is 0 Å². The second kappa shape index (κ2) is 6.33. The Bertz CT molecular complexity index is 736. The molecule has 1 heterocycles. The lowest BCUT2D eigenvalue weighted by molar-refractivity contribution is -0.136. The highest BCUT2D eigenvalue weighted by molar-refractivity contribution is 7.89. The summed E-state index contributed by atoms with van der Waals surface area (Å²) >= 11 is 1.43. The van der Waals surface area contributed by atoms with E-state index in [1.54, 1.807) is 6.20 Å². The molecule has 21 heavy (non-hydrogen) atoms. The maximum absolute atomic E-state index is 12.1. The average molecular weight is 326 g/mol. The number of aliphatic carboxylic acids is 1. The van der Waals surface area contributed by atoms with Gasteiger partial charge in [-0.15, -0.1) is 11.3 Å². The second-order valence-electron chi connectivity index (χ2n) is 4.40. The van der Waals surface area contributed by atoms with Gasteiger partial charge in [-0.1, -0.05) is 12.1 Å². The van der Waals surface area contributed by atoms with Gasteiger partial charge in [-0.25, -0.2) is 18.1 Å². The molecule has 0 aliphatic heterocycles. The standard InChI is InChI=1S/C13H14N2O4S2/c1-9-7-14-12(20-9)8-15-21(18,19)11-4-2-10(3-5-11)6-13(16)17/h2-5,7,15H,6,8H2,1H3,(H,16,17). The Balaban J connectivity index is 2.06. The number of aromatic nitrogens is 1. The molecule has 0 aliphatic rings. The van der Waals surface area contributed by atoms with E-state index in [4.69, 9.17) is 5.11 Å². The van der Waals surface area contributed by atoms with E-state index in [2.05, 4.69) is 9.71 Å². The molecular formula is C13H14N2O4S2. The normalized spacial score (nSPS) is 11.5. The largest absolute Gasteiger partial charge is 0.481 e. The van der Waals surface area contributed by atoms with Gasteiger partial charge in [0.05, 0.1) is 17.9 Å². The molecule has 1 aromatic carbocycles. The van der Waals surface area contributed by atoms with Crippen molar-refractivity contribution < 1.29 is 18.3 Å². The summed E-state index contributed by atoms with van der Waals surface area (Å²) in [5.41, 5.74) is 0.553. The van der Waals surface area contributed by atoms with Gasteiger partial charge in [0.2, 0.25) is 10.0 Å². The first-order valence-electron chi connectivity index (χ1n) is 6.08. The van der Waals surface area contributed by atoms with E-state index >= 15 is 0 Å². The van der Waals surface area contributed by atoms with Gasteiger partial charge in [-0.2, -0.15) is 0 Å². The van der Waals surface area contributed by atoms with Gasteiger partial charge >= 0.3 is 5.97 Å². The number of aryl methyl sites for hydroxylation is 1. The number of rotatable bonds is 6. The van der Waals surface area contributed by atoms with E-state index in [1.807, 2.05) is 6.92 Å². The molecule has 0 saturated carbocycles.